The van der Waals surface area contributed by atoms with Crippen LogP contribution in [0.25, 0.3) is 0 Å². The molecular weight excluding hydrogens is 227 g/mol. The first-order chi connectivity index (χ1) is 7.97. The summed E-state index contributed by atoms with van der Waals surface area (Å²) in [7, 11) is 0. The van der Waals surface area contributed by atoms with E-state index in [2.05, 4.69) is 0 Å². The Hall–Kier alpha value is -1.03. The zero-order valence-corrected chi connectivity index (χ0v) is 9.50. The van der Waals surface area contributed by atoms with Gasteiger partial charge in [-0.15, -0.1) is 0 Å². The number of nitrogens with two attached hydrogens (primary N) is 1. The molecule has 0 amide bonds. The van der Waals surface area contributed by atoms with Crippen LogP contribution in [0.5, 0.6) is 0 Å². The monoisotopic (exact) mass is 243 g/mol. The number of rotatable bonds is 4. The van der Waals surface area contributed by atoms with Gasteiger partial charge in [-0.2, -0.15) is 13.2 Å². The van der Waals surface area contributed by atoms with Gasteiger partial charge in [-0.05, 0) is 30.4 Å². The molecular formula is C13H16F3N. The predicted molar refractivity (Wildman–Crippen MR) is 60.8 cm³/mol. The molecule has 1 aliphatic carbocycles. The fourth-order valence-electron chi connectivity index (χ4n) is 2.42. The summed E-state index contributed by atoms with van der Waals surface area (Å²) < 4.78 is 36.0. The minimum Gasteiger partial charge on any atom is -0.327 e. The molecule has 2 unspecified atom stereocenters. The van der Waals surface area contributed by atoms with Crippen LogP contribution in [-0.2, 0) is 6.42 Å². The van der Waals surface area contributed by atoms with Crippen LogP contribution in [-0.4, -0.2) is 12.2 Å². The molecule has 17 heavy (non-hydrogen) atoms. The lowest BCUT2D eigenvalue weighted by Gasteiger charge is -2.34. The molecule has 1 aliphatic rings. The summed E-state index contributed by atoms with van der Waals surface area (Å²) >= 11 is 0. The summed E-state index contributed by atoms with van der Waals surface area (Å²) in [5.41, 5.74) is 8.45. The maximum Gasteiger partial charge on any atom is 0.389 e. The van der Waals surface area contributed by atoms with Crippen LogP contribution in [0, 0.1) is 0 Å². The molecule has 0 saturated carbocycles. The van der Waals surface area contributed by atoms with Crippen molar-refractivity contribution in [2.75, 3.05) is 0 Å². The van der Waals surface area contributed by atoms with Gasteiger partial charge in [0.1, 0.15) is 0 Å². The van der Waals surface area contributed by atoms with E-state index in [0.717, 1.165) is 6.42 Å². The first kappa shape index (κ1) is 12.4. The smallest absolute Gasteiger partial charge is 0.327 e. The van der Waals surface area contributed by atoms with Crippen molar-refractivity contribution in [1.29, 1.82) is 0 Å². The predicted octanol–water partition coefficient (Wildman–Crippen LogP) is 3.39. The van der Waals surface area contributed by atoms with Crippen molar-refractivity contribution >= 4 is 0 Å². The van der Waals surface area contributed by atoms with E-state index in [9.17, 15) is 13.2 Å². The molecule has 0 bridgehead atoms. The van der Waals surface area contributed by atoms with E-state index in [0.29, 0.717) is 6.42 Å². The third-order valence-corrected chi connectivity index (χ3v) is 3.41. The highest BCUT2D eigenvalue weighted by atomic mass is 19.4. The Labute approximate surface area is 98.8 Å². The highest BCUT2D eigenvalue weighted by molar-refractivity contribution is 5.41. The first-order valence-corrected chi connectivity index (χ1v) is 5.87. The summed E-state index contributed by atoms with van der Waals surface area (Å²) in [6.07, 6.45) is -3.31. The summed E-state index contributed by atoms with van der Waals surface area (Å²) in [6.45, 7) is 0. The second-order valence-electron chi connectivity index (χ2n) is 4.68. The van der Waals surface area contributed by atoms with Gasteiger partial charge in [-0.3, -0.25) is 0 Å². The average Bonchev–Trinajstić information content (AvgIpc) is 2.18. The van der Waals surface area contributed by atoms with Crippen LogP contribution in [0.3, 0.4) is 0 Å². The number of hydrogen-bond donors (Lipinski definition) is 1. The highest BCUT2D eigenvalue weighted by Crippen LogP contribution is 2.38. The quantitative estimate of drug-likeness (QED) is 0.861. The lowest BCUT2D eigenvalue weighted by Crippen LogP contribution is -2.35. The van der Waals surface area contributed by atoms with Gasteiger partial charge in [0.15, 0.2) is 0 Å². The summed E-state index contributed by atoms with van der Waals surface area (Å²) in [5.74, 6) is 0.249. The summed E-state index contributed by atoms with van der Waals surface area (Å²) in [4.78, 5) is 0. The zero-order valence-electron chi connectivity index (χ0n) is 9.50. The molecule has 2 atom stereocenters. The normalized spacial score (nSPS) is 20.6. The third-order valence-electron chi connectivity index (χ3n) is 3.41. The Bertz CT molecular complexity index is 386. The van der Waals surface area contributed by atoms with Gasteiger partial charge in [-0.1, -0.05) is 24.3 Å². The van der Waals surface area contributed by atoms with Crippen LogP contribution in [0.15, 0.2) is 24.3 Å². The van der Waals surface area contributed by atoms with Crippen LogP contribution in [0.1, 0.15) is 36.3 Å². The molecule has 0 spiro atoms. The molecule has 0 saturated heterocycles. The molecule has 0 fully saturated rings. The topological polar surface area (TPSA) is 26.0 Å². The van der Waals surface area contributed by atoms with Crippen LogP contribution < -0.4 is 5.73 Å². The van der Waals surface area contributed by atoms with Crippen molar-refractivity contribution < 1.29 is 13.2 Å². The van der Waals surface area contributed by atoms with E-state index in [1.807, 2.05) is 24.3 Å². The number of halogens is 3. The molecule has 2 rings (SSSR count). The van der Waals surface area contributed by atoms with E-state index in [1.54, 1.807) is 0 Å². The van der Waals surface area contributed by atoms with E-state index >= 15 is 0 Å². The van der Waals surface area contributed by atoms with Crippen LogP contribution >= 0.6 is 0 Å². The Morgan fingerprint density at radius 1 is 1.29 bits per heavy atom. The molecule has 0 aromatic heterocycles. The number of fused-ring (bicyclic) bond motifs is 1. The zero-order chi connectivity index (χ0) is 12.5. The standard InChI is InChI=1S/C13H16F3N/c14-13(15,16)7-3-6-12(17)11-8-9-4-1-2-5-10(9)11/h1-2,4-5,11-12H,3,6-8,17H2. The van der Waals surface area contributed by atoms with Gasteiger partial charge < -0.3 is 5.73 Å². The molecule has 1 aromatic rings. The molecule has 2 N–H and O–H groups in total. The summed E-state index contributed by atoms with van der Waals surface area (Å²) in [6, 6.07) is 7.85. The fraction of sp³-hybridized carbons (Fsp3) is 0.538. The maximum atomic E-state index is 12.0. The van der Waals surface area contributed by atoms with Crippen molar-refractivity contribution in [3.8, 4) is 0 Å². The Kier molecular flexibility index (Phi) is 3.43. The number of alkyl halides is 3. The van der Waals surface area contributed by atoms with Crippen molar-refractivity contribution in [2.45, 2.75) is 43.8 Å². The van der Waals surface area contributed by atoms with E-state index in [1.165, 1.54) is 11.1 Å². The van der Waals surface area contributed by atoms with Crippen molar-refractivity contribution in [3.63, 3.8) is 0 Å². The van der Waals surface area contributed by atoms with Gasteiger partial charge in [0.25, 0.3) is 0 Å². The molecule has 0 radical (unpaired) electrons. The van der Waals surface area contributed by atoms with Crippen molar-refractivity contribution in [2.24, 2.45) is 5.73 Å². The van der Waals surface area contributed by atoms with Gasteiger partial charge >= 0.3 is 6.18 Å². The van der Waals surface area contributed by atoms with Crippen molar-refractivity contribution in [3.05, 3.63) is 35.4 Å². The van der Waals surface area contributed by atoms with Gasteiger partial charge in [-0.25, -0.2) is 0 Å². The Balaban J connectivity index is 1.81. The maximum absolute atomic E-state index is 12.0. The third kappa shape index (κ3) is 3.00. The van der Waals surface area contributed by atoms with E-state index < -0.39 is 12.6 Å². The number of benzene rings is 1. The van der Waals surface area contributed by atoms with Crippen LogP contribution in [0.2, 0.25) is 0 Å². The largest absolute Gasteiger partial charge is 0.389 e. The Morgan fingerprint density at radius 2 is 2.00 bits per heavy atom. The fourth-order valence-corrected chi connectivity index (χ4v) is 2.42. The first-order valence-electron chi connectivity index (χ1n) is 5.87. The van der Waals surface area contributed by atoms with Crippen molar-refractivity contribution in [1.82, 2.24) is 0 Å². The Morgan fingerprint density at radius 3 is 2.65 bits per heavy atom. The molecule has 0 aliphatic heterocycles. The van der Waals surface area contributed by atoms with Gasteiger partial charge in [0.2, 0.25) is 0 Å². The lowest BCUT2D eigenvalue weighted by molar-refractivity contribution is -0.135. The lowest BCUT2D eigenvalue weighted by atomic mass is 9.72. The highest BCUT2D eigenvalue weighted by Gasteiger charge is 2.32. The molecule has 94 valence electrons. The van der Waals surface area contributed by atoms with Gasteiger partial charge in [0.05, 0.1) is 0 Å². The van der Waals surface area contributed by atoms with Gasteiger partial charge in [0, 0.05) is 18.4 Å². The number of hydrogen-bond acceptors (Lipinski definition) is 1. The van der Waals surface area contributed by atoms with E-state index in [-0.39, 0.29) is 18.4 Å². The van der Waals surface area contributed by atoms with Crippen LogP contribution in [0.4, 0.5) is 13.2 Å². The second kappa shape index (κ2) is 4.69. The summed E-state index contributed by atoms with van der Waals surface area (Å²) in [5, 5.41) is 0. The molecule has 4 heteroatoms. The van der Waals surface area contributed by atoms with E-state index in [4.69, 9.17) is 5.73 Å². The second-order valence-corrected chi connectivity index (χ2v) is 4.68. The average molecular weight is 243 g/mol. The molecule has 1 aromatic carbocycles. The molecule has 0 heterocycles. The molecule has 1 nitrogen and oxygen atoms in total. The minimum atomic E-state index is -4.06. The SMILES string of the molecule is NC(CCCC(F)(F)F)C1Cc2ccccc21. The minimum absolute atomic E-state index is 0.128.